The third kappa shape index (κ3) is 2.83. The van der Waals surface area contributed by atoms with Gasteiger partial charge in [-0.25, -0.2) is 0 Å². The van der Waals surface area contributed by atoms with Crippen molar-refractivity contribution in [3.05, 3.63) is 24.3 Å². The van der Waals surface area contributed by atoms with Gasteiger partial charge >= 0.3 is 0 Å². The Morgan fingerprint density at radius 3 is 2.76 bits per heavy atom. The molecular formula is C16H22N2O3. The van der Waals surface area contributed by atoms with Crippen molar-refractivity contribution in [2.75, 3.05) is 26.7 Å². The fourth-order valence-corrected chi connectivity index (χ4v) is 3.06. The second kappa shape index (κ2) is 5.93. The van der Waals surface area contributed by atoms with Crippen LogP contribution in [0.1, 0.15) is 13.3 Å². The van der Waals surface area contributed by atoms with Crippen molar-refractivity contribution >= 4 is 5.91 Å². The number of nitrogens with zero attached hydrogens (tertiary/aromatic N) is 1. The number of hydrogen-bond acceptors (Lipinski definition) is 4. The highest BCUT2D eigenvalue weighted by Crippen LogP contribution is 2.34. The molecule has 5 heteroatoms. The first-order chi connectivity index (χ1) is 10.2. The second-order valence-electron chi connectivity index (χ2n) is 5.80. The second-order valence-corrected chi connectivity index (χ2v) is 5.80. The Kier molecular flexibility index (Phi) is 4.01. The van der Waals surface area contributed by atoms with Gasteiger partial charge in [0.15, 0.2) is 11.5 Å². The predicted molar refractivity (Wildman–Crippen MR) is 79.6 cm³/mol. The van der Waals surface area contributed by atoms with Gasteiger partial charge < -0.3 is 19.7 Å². The lowest BCUT2D eigenvalue weighted by Crippen LogP contribution is -2.50. The van der Waals surface area contributed by atoms with Crippen molar-refractivity contribution in [3.8, 4) is 11.5 Å². The van der Waals surface area contributed by atoms with Gasteiger partial charge in [-0.05, 0) is 45.0 Å². The molecule has 0 spiro atoms. The maximum absolute atomic E-state index is 12.7. The number of para-hydroxylation sites is 2. The SMILES string of the molecule is CNCC1CCN(C(=O)C2Oc3ccccc3OC2C)C1. The van der Waals surface area contributed by atoms with Crippen LogP contribution in [0.2, 0.25) is 0 Å². The minimum atomic E-state index is -0.548. The zero-order valence-electron chi connectivity index (χ0n) is 12.5. The van der Waals surface area contributed by atoms with Gasteiger partial charge in [0.05, 0.1) is 0 Å². The molecule has 1 amide bonds. The Morgan fingerprint density at radius 1 is 1.33 bits per heavy atom. The summed E-state index contributed by atoms with van der Waals surface area (Å²) in [6, 6.07) is 7.50. The molecule has 0 aromatic heterocycles. The zero-order chi connectivity index (χ0) is 14.8. The summed E-state index contributed by atoms with van der Waals surface area (Å²) in [4.78, 5) is 14.6. The van der Waals surface area contributed by atoms with Crippen LogP contribution in [0, 0.1) is 5.92 Å². The number of rotatable bonds is 3. The van der Waals surface area contributed by atoms with E-state index in [2.05, 4.69) is 5.32 Å². The number of carbonyl (C=O) groups excluding carboxylic acids is 1. The zero-order valence-corrected chi connectivity index (χ0v) is 12.5. The highest BCUT2D eigenvalue weighted by molar-refractivity contribution is 5.82. The molecule has 0 aliphatic carbocycles. The van der Waals surface area contributed by atoms with E-state index in [1.54, 1.807) is 0 Å². The van der Waals surface area contributed by atoms with Crippen LogP contribution in [-0.4, -0.2) is 49.7 Å². The molecule has 3 rings (SSSR count). The van der Waals surface area contributed by atoms with Gasteiger partial charge in [0.1, 0.15) is 6.10 Å². The maximum Gasteiger partial charge on any atom is 0.267 e. The number of carbonyl (C=O) groups is 1. The molecule has 1 saturated heterocycles. The Labute approximate surface area is 125 Å². The van der Waals surface area contributed by atoms with Gasteiger partial charge in [-0.1, -0.05) is 12.1 Å². The van der Waals surface area contributed by atoms with Crippen LogP contribution in [-0.2, 0) is 4.79 Å². The number of likely N-dealkylation sites (tertiary alicyclic amines) is 1. The molecule has 2 aliphatic heterocycles. The molecule has 0 saturated carbocycles. The highest BCUT2D eigenvalue weighted by Gasteiger charge is 2.38. The molecule has 114 valence electrons. The van der Waals surface area contributed by atoms with Crippen molar-refractivity contribution in [1.82, 2.24) is 10.2 Å². The van der Waals surface area contributed by atoms with Crippen LogP contribution >= 0.6 is 0 Å². The van der Waals surface area contributed by atoms with Crippen LogP contribution < -0.4 is 14.8 Å². The third-order valence-corrected chi connectivity index (χ3v) is 4.18. The van der Waals surface area contributed by atoms with E-state index in [0.29, 0.717) is 17.4 Å². The smallest absolute Gasteiger partial charge is 0.267 e. The van der Waals surface area contributed by atoms with Crippen LogP contribution in [0.25, 0.3) is 0 Å². The number of benzene rings is 1. The molecule has 5 nitrogen and oxygen atoms in total. The van der Waals surface area contributed by atoms with E-state index in [1.807, 2.05) is 43.1 Å². The molecule has 3 unspecified atom stereocenters. The number of ether oxygens (including phenoxy) is 2. The maximum atomic E-state index is 12.7. The van der Waals surface area contributed by atoms with Gasteiger partial charge in [-0.15, -0.1) is 0 Å². The fraction of sp³-hybridized carbons (Fsp3) is 0.562. The summed E-state index contributed by atoms with van der Waals surface area (Å²) in [7, 11) is 1.95. The highest BCUT2D eigenvalue weighted by atomic mass is 16.6. The van der Waals surface area contributed by atoms with Gasteiger partial charge in [0.25, 0.3) is 5.91 Å². The van der Waals surface area contributed by atoms with Gasteiger partial charge in [-0.3, -0.25) is 4.79 Å². The van der Waals surface area contributed by atoms with E-state index in [1.165, 1.54) is 0 Å². The molecule has 1 fully saturated rings. The lowest BCUT2D eigenvalue weighted by Gasteiger charge is -2.33. The standard InChI is InChI=1S/C16H22N2O3/c1-11-15(21-14-6-4-3-5-13(14)20-11)16(19)18-8-7-12(10-18)9-17-2/h3-6,11-12,15,17H,7-10H2,1-2H3. The fourth-order valence-electron chi connectivity index (χ4n) is 3.06. The summed E-state index contributed by atoms with van der Waals surface area (Å²) in [6.07, 6.45) is 0.231. The number of hydrogen-bond donors (Lipinski definition) is 1. The molecule has 2 heterocycles. The summed E-state index contributed by atoms with van der Waals surface area (Å²) in [5.74, 6) is 1.94. The van der Waals surface area contributed by atoms with Crippen molar-refractivity contribution in [1.29, 1.82) is 0 Å². The Balaban J connectivity index is 1.68. The number of fused-ring (bicyclic) bond motifs is 1. The number of amides is 1. The average Bonchev–Trinajstić information content (AvgIpc) is 2.95. The molecule has 0 bridgehead atoms. The van der Waals surface area contributed by atoms with Gasteiger partial charge in [0, 0.05) is 13.1 Å². The minimum Gasteiger partial charge on any atom is -0.482 e. The van der Waals surface area contributed by atoms with E-state index in [9.17, 15) is 4.79 Å². The molecular weight excluding hydrogens is 268 g/mol. The molecule has 1 aromatic rings. The third-order valence-electron chi connectivity index (χ3n) is 4.18. The first kappa shape index (κ1) is 14.2. The van der Waals surface area contributed by atoms with Crippen molar-refractivity contribution in [2.45, 2.75) is 25.6 Å². The molecule has 0 radical (unpaired) electrons. The summed E-state index contributed by atoms with van der Waals surface area (Å²) in [5, 5.41) is 3.18. The van der Waals surface area contributed by atoms with E-state index in [0.717, 1.165) is 26.1 Å². The first-order valence-electron chi connectivity index (χ1n) is 7.54. The van der Waals surface area contributed by atoms with Gasteiger partial charge in [0.2, 0.25) is 6.10 Å². The molecule has 1 N–H and O–H groups in total. The topological polar surface area (TPSA) is 50.8 Å². The molecule has 3 atom stereocenters. The van der Waals surface area contributed by atoms with E-state index in [4.69, 9.17) is 9.47 Å². The van der Waals surface area contributed by atoms with Crippen LogP contribution in [0.15, 0.2) is 24.3 Å². The predicted octanol–water partition coefficient (Wildman–Crippen LogP) is 1.28. The summed E-state index contributed by atoms with van der Waals surface area (Å²) in [5.41, 5.74) is 0. The van der Waals surface area contributed by atoms with Crippen LogP contribution in [0.5, 0.6) is 11.5 Å². The Morgan fingerprint density at radius 2 is 2.05 bits per heavy atom. The normalized spacial score (nSPS) is 27.7. The Bertz CT molecular complexity index is 520. The minimum absolute atomic E-state index is 0.0376. The van der Waals surface area contributed by atoms with Crippen LogP contribution in [0.3, 0.4) is 0 Å². The van der Waals surface area contributed by atoms with Crippen molar-refractivity contribution < 1.29 is 14.3 Å². The summed E-state index contributed by atoms with van der Waals surface area (Å²) >= 11 is 0. The first-order valence-corrected chi connectivity index (χ1v) is 7.54. The Hall–Kier alpha value is -1.75. The monoisotopic (exact) mass is 290 g/mol. The average molecular weight is 290 g/mol. The van der Waals surface area contributed by atoms with E-state index < -0.39 is 6.10 Å². The summed E-state index contributed by atoms with van der Waals surface area (Å²) < 4.78 is 11.7. The van der Waals surface area contributed by atoms with Crippen molar-refractivity contribution in [2.24, 2.45) is 5.92 Å². The lowest BCUT2D eigenvalue weighted by atomic mass is 10.1. The molecule has 21 heavy (non-hydrogen) atoms. The van der Waals surface area contributed by atoms with Gasteiger partial charge in [-0.2, -0.15) is 0 Å². The quantitative estimate of drug-likeness (QED) is 0.911. The van der Waals surface area contributed by atoms with E-state index >= 15 is 0 Å². The largest absolute Gasteiger partial charge is 0.482 e. The summed E-state index contributed by atoms with van der Waals surface area (Å²) in [6.45, 7) is 4.44. The molecule has 1 aromatic carbocycles. The number of nitrogens with one attached hydrogen (secondary N) is 1. The lowest BCUT2D eigenvalue weighted by molar-refractivity contribution is -0.143. The molecule has 2 aliphatic rings. The van der Waals surface area contributed by atoms with Crippen LogP contribution in [0.4, 0.5) is 0 Å². The van der Waals surface area contributed by atoms with Crippen molar-refractivity contribution in [3.63, 3.8) is 0 Å². The van der Waals surface area contributed by atoms with E-state index in [-0.39, 0.29) is 12.0 Å².